The SMILES string of the molecule is Cc1cc2n(c(=O)c1C#N)Cc1[nH]c3cc(F)ccc3c1-2. The number of aryl methyl sites for hydroxylation is 1. The number of hydrogen-bond acceptors (Lipinski definition) is 2. The van der Waals surface area contributed by atoms with Crippen molar-refractivity contribution in [1.82, 2.24) is 9.55 Å². The van der Waals surface area contributed by atoms with Gasteiger partial charge in [-0.25, -0.2) is 4.39 Å². The molecule has 4 rings (SSSR count). The molecule has 0 unspecified atom stereocenters. The molecule has 3 aromatic rings. The van der Waals surface area contributed by atoms with Crippen LogP contribution in [0.1, 0.15) is 16.8 Å². The topological polar surface area (TPSA) is 61.6 Å². The van der Waals surface area contributed by atoms with Crippen LogP contribution in [0.5, 0.6) is 0 Å². The van der Waals surface area contributed by atoms with Crippen LogP contribution in [-0.4, -0.2) is 9.55 Å². The van der Waals surface area contributed by atoms with E-state index in [-0.39, 0.29) is 16.9 Å². The second-order valence-corrected chi connectivity index (χ2v) is 5.26. The summed E-state index contributed by atoms with van der Waals surface area (Å²) in [7, 11) is 0. The molecule has 0 spiro atoms. The summed E-state index contributed by atoms with van der Waals surface area (Å²) in [5.74, 6) is -0.296. The first-order valence-corrected chi connectivity index (χ1v) is 6.55. The predicted octanol–water partition coefficient (Wildman–Crippen LogP) is 2.68. The van der Waals surface area contributed by atoms with Crippen molar-refractivity contribution in [2.45, 2.75) is 13.5 Å². The summed E-state index contributed by atoms with van der Waals surface area (Å²) in [6.07, 6.45) is 0. The van der Waals surface area contributed by atoms with E-state index in [0.29, 0.717) is 12.1 Å². The van der Waals surface area contributed by atoms with Gasteiger partial charge in [0.25, 0.3) is 5.56 Å². The average Bonchev–Trinajstić information content (AvgIpc) is 2.95. The minimum absolute atomic E-state index is 0.180. The number of nitrogens with zero attached hydrogens (tertiary/aromatic N) is 2. The number of pyridine rings is 1. The van der Waals surface area contributed by atoms with Gasteiger partial charge in [-0.2, -0.15) is 5.26 Å². The Hall–Kier alpha value is -2.87. The van der Waals surface area contributed by atoms with E-state index in [1.165, 1.54) is 12.1 Å². The van der Waals surface area contributed by atoms with E-state index in [0.717, 1.165) is 27.9 Å². The van der Waals surface area contributed by atoms with Crippen LogP contribution < -0.4 is 5.56 Å². The van der Waals surface area contributed by atoms with Crippen LogP contribution in [0.4, 0.5) is 4.39 Å². The third-order valence-electron chi connectivity index (χ3n) is 4.02. The fourth-order valence-corrected chi connectivity index (χ4v) is 3.06. The molecule has 1 aromatic carbocycles. The van der Waals surface area contributed by atoms with Crippen LogP contribution in [0.3, 0.4) is 0 Å². The summed E-state index contributed by atoms with van der Waals surface area (Å²) in [5, 5.41) is 9.98. The first kappa shape index (κ1) is 11.9. The second-order valence-electron chi connectivity index (χ2n) is 5.26. The van der Waals surface area contributed by atoms with Crippen molar-refractivity contribution < 1.29 is 4.39 Å². The lowest BCUT2D eigenvalue weighted by atomic mass is 10.1. The van der Waals surface area contributed by atoms with Crippen LogP contribution in [0.15, 0.2) is 29.1 Å². The first-order valence-electron chi connectivity index (χ1n) is 6.55. The van der Waals surface area contributed by atoms with Crippen LogP contribution >= 0.6 is 0 Å². The number of benzene rings is 1. The molecule has 102 valence electrons. The molecule has 4 nitrogen and oxygen atoms in total. The Labute approximate surface area is 119 Å². The Morgan fingerprint density at radius 1 is 1.38 bits per heavy atom. The van der Waals surface area contributed by atoms with Gasteiger partial charge in [0.2, 0.25) is 0 Å². The fraction of sp³-hybridized carbons (Fsp3) is 0.125. The maximum Gasteiger partial charge on any atom is 0.269 e. The van der Waals surface area contributed by atoms with E-state index < -0.39 is 0 Å². The van der Waals surface area contributed by atoms with E-state index in [2.05, 4.69) is 4.98 Å². The third-order valence-corrected chi connectivity index (χ3v) is 4.02. The summed E-state index contributed by atoms with van der Waals surface area (Å²) >= 11 is 0. The largest absolute Gasteiger partial charge is 0.356 e. The highest BCUT2D eigenvalue weighted by molar-refractivity contribution is 5.98. The van der Waals surface area contributed by atoms with Crippen molar-refractivity contribution in [3.63, 3.8) is 0 Å². The van der Waals surface area contributed by atoms with E-state index >= 15 is 0 Å². The van der Waals surface area contributed by atoms with Gasteiger partial charge in [0.05, 0.1) is 12.2 Å². The van der Waals surface area contributed by atoms with Crippen LogP contribution in [-0.2, 0) is 6.54 Å². The molecule has 0 aliphatic carbocycles. The third kappa shape index (κ3) is 1.44. The second kappa shape index (κ2) is 3.83. The lowest BCUT2D eigenvalue weighted by molar-refractivity contribution is 0.629. The molecule has 1 aliphatic rings. The van der Waals surface area contributed by atoms with E-state index in [4.69, 9.17) is 5.26 Å². The number of halogens is 1. The number of aromatic amines is 1. The molecule has 2 aromatic heterocycles. The smallest absolute Gasteiger partial charge is 0.269 e. The molecular weight excluding hydrogens is 269 g/mol. The summed E-state index contributed by atoms with van der Waals surface area (Å²) < 4.78 is 14.9. The molecule has 3 heterocycles. The Morgan fingerprint density at radius 3 is 2.95 bits per heavy atom. The zero-order valence-corrected chi connectivity index (χ0v) is 11.2. The predicted molar refractivity (Wildman–Crippen MR) is 76.5 cm³/mol. The monoisotopic (exact) mass is 279 g/mol. The van der Waals surface area contributed by atoms with Gasteiger partial charge in [0.1, 0.15) is 17.4 Å². The normalized spacial score (nSPS) is 12.2. The summed E-state index contributed by atoms with van der Waals surface area (Å²) in [6, 6.07) is 8.39. The molecule has 0 amide bonds. The van der Waals surface area contributed by atoms with Gasteiger partial charge in [-0.15, -0.1) is 0 Å². The number of rotatable bonds is 0. The zero-order valence-electron chi connectivity index (χ0n) is 11.2. The number of nitrogens with one attached hydrogen (secondary N) is 1. The molecule has 1 aliphatic heterocycles. The van der Waals surface area contributed by atoms with Gasteiger partial charge in [-0.3, -0.25) is 4.79 Å². The van der Waals surface area contributed by atoms with E-state index in [1.807, 2.05) is 12.1 Å². The van der Waals surface area contributed by atoms with Crippen molar-refractivity contribution in [1.29, 1.82) is 5.26 Å². The molecule has 0 saturated carbocycles. The van der Waals surface area contributed by atoms with Gasteiger partial charge >= 0.3 is 0 Å². The molecule has 5 heteroatoms. The minimum Gasteiger partial charge on any atom is -0.356 e. The highest BCUT2D eigenvalue weighted by Gasteiger charge is 2.26. The lowest BCUT2D eigenvalue weighted by Gasteiger charge is -2.07. The maximum absolute atomic E-state index is 13.3. The molecule has 0 atom stereocenters. The molecule has 0 saturated heterocycles. The molecular formula is C16H10FN3O. The molecule has 1 N–H and O–H groups in total. The summed E-state index contributed by atoms with van der Waals surface area (Å²) in [4.78, 5) is 15.5. The average molecular weight is 279 g/mol. The number of H-pyrrole nitrogens is 1. The number of fused-ring (bicyclic) bond motifs is 5. The van der Waals surface area contributed by atoms with Gasteiger partial charge in [-0.1, -0.05) is 0 Å². The number of hydrogen-bond donors (Lipinski definition) is 1. The molecule has 0 fully saturated rings. The van der Waals surface area contributed by atoms with Gasteiger partial charge < -0.3 is 9.55 Å². The van der Waals surface area contributed by atoms with Crippen molar-refractivity contribution in [2.24, 2.45) is 0 Å². The fourth-order valence-electron chi connectivity index (χ4n) is 3.06. The highest BCUT2D eigenvalue weighted by Crippen LogP contribution is 2.37. The minimum atomic E-state index is -0.296. The summed E-state index contributed by atoms with van der Waals surface area (Å²) in [6.45, 7) is 2.14. The first-order chi connectivity index (χ1) is 10.1. The molecule has 0 radical (unpaired) electrons. The highest BCUT2D eigenvalue weighted by atomic mass is 19.1. The van der Waals surface area contributed by atoms with Crippen molar-refractivity contribution in [2.75, 3.05) is 0 Å². The van der Waals surface area contributed by atoms with Crippen LogP contribution in [0.2, 0.25) is 0 Å². The van der Waals surface area contributed by atoms with Crippen molar-refractivity contribution in [3.8, 4) is 17.3 Å². The Kier molecular flexibility index (Phi) is 2.17. The van der Waals surface area contributed by atoms with Gasteiger partial charge in [0.15, 0.2) is 0 Å². The Morgan fingerprint density at radius 2 is 2.19 bits per heavy atom. The van der Waals surface area contributed by atoms with Gasteiger partial charge in [-0.05, 0) is 36.8 Å². The number of aromatic nitrogens is 2. The molecule has 0 bridgehead atoms. The Bertz CT molecular complexity index is 1020. The number of nitriles is 1. The zero-order chi connectivity index (χ0) is 14.7. The lowest BCUT2D eigenvalue weighted by Crippen LogP contribution is -2.22. The van der Waals surface area contributed by atoms with Crippen LogP contribution in [0, 0.1) is 24.1 Å². The standard InChI is InChI=1S/C16H10FN3O/c1-8-4-14-15-10-3-2-9(17)5-12(10)19-13(15)7-20(14)16(21)11(8)6-18/h2-5,19H,7H2,1H3. The van der Waals surface area contributed by atoms with E-state index in [9.17, 15) is 9.18 Å². The molecule has 21 heavy (non-hydrogen) atoms. The Balaban J connectivity index is 2.10. The maximum atomic E-state index is 13.3. The van der Waals surface area contributed by atoms with Crippen LogP contribution in [0.25, 0.3) is 22.2 Å². The van der Waals surface area contributed by atoms with E-state index in [1.54, 1.807) is 17.6 Å². The van der Waals surface area contributed by atoms with Crippen molar-refractivity contribution in [3.05, 3.63) is 57.3 Å². The van der Waals surface area contributed by atoms with Gasteiger partial charge in [0, 0.05) is 22.2 Å². The summed E-state index contributed by atoms with van der Waals surface area (Å²) in [5.41, 5.74) is 3.88. The quantitative estimate of drug-likeness (QED) is 0.538. The van der Waals surface area contributed by atoms with Crippen molar-refractivity contribution >= 4 is 10.9 Å².